The van der Waals surface area contributed by atoms with Gasteiger partial charge in [-0.25, -0.2) is 4.79 Å². The zero-order chi connectivity index (χ0) is 8.97. The van der Waals surface area contributed by atoms with Gasteiger partial charge < -0.3 is 10.5 Å². The molecule has 0 aromatic heterocycles. The van der Waals surface area contributed by atoms with E-state index in [-0.39, 0.29) is 0 Å². The molecule has 1 saturated carbocycles. The number of carbonyl (C=O) groups excluding carboxylic acids is 2. The summed E-state index contributed by atoms with van der Waals surface area (Å²) in [5.41, 5.74) is 4.81. The zero-order valence-corrected chi connectivity index (χ0v) is 6.91. The van der Waals surface area contributed by atoms with Crippen molar-refractivity contribution in [3.05, 3.63) is 0 Å². The SMILES string of the molecule is NC(=O)OCC1CCC(=O)CC1. The molecule has 1 aliphatic rings. The van der Waals surface area contributed by atoms with Crippen molar-refractivity contribution in [1.82, 2.24) is 0 Å². The molecule has 1 rings (SSSR count). The van der Waals surface area contributed by atoms with Crippen LogP contribution >= 0.6 is 0 Å². The van der Waals surface area contributed by atoms with Crippen molar-refractivity contribution in [1.29, 1.82) is 0 Å². The summed E-state index contributed by atoms with van der Waals surface area (Å²) in [7, 11) is 0. The van der Waals surface area contributed by atoms with E-state index in [2.05, 4.69) is 4.74 Å². The third-order valence-electron chi connectivity index (χ3n) is 2.12. The number of ketones is 1. The van der Waals surface area contributed by atoms with Crippen LogP contribution in [0.2, 0.25) is 0 Å². The maximum Gasteiger partial charge on any atom is 0.404 e. The van der Waals surface area contributed by atoms with Gasteiger partial charge in [0.1, 0.15) is 5.78 Å². The van der Waals surface area contributed by atoms with E-state index in [0.29, 0.717) is 31.1 Å². The Hall–Kier alpha value is -1.06. The smallest absolute Gasteiger partial charge is 0.404 e. The van der Waals surface area contributed by atoms with E-state index in [9.17, 15) is 9.59 Å². The van der Waals surface area contributed by atoms with Gasteiger partial charge >= 0.3 is 6.09 Å². The number of Topliss-reactive ketones (excluding diaryl/α,β-unsaturated/α-hetero) is 1. The summed E-state index contributed by atoms with van der Waals surface area (Å²) in [6.45, 7) is 0.364. The fourth-order valence-corrected chi connectivity index (χ4v) is 1.37. The second-order valence-corrected chi connectivity index (χ2v) is 3.11. The molecule has 0 saturated heterocycles. The van der Waals surface area contributed by atoms with Crippen LogP contribution in [0, 0.1) is 5.92 Å². The monoisotopic (exact) mass is 171 g/mol. The fraction of sp³-hybridized carbons (Fsp3) is 0.750. The second kappa shape index (κ2) is 4.09. The van der Waals surface area contributed by atoms with Crippen LogP contribution in [0.3, 0.4) is 0 Å². The highest BCUT2D eigenvalue weighted by molar-refractivity contribution is 5.79. The fourth-order valence-electron chi connectivity index (χ4n) is 1.37. The molecule has 0 atom stereocenters. The Morgan fingerprint density at radius 3 is 2.58 bits per heavy atom. The number of rotatable bonds is 2. The van der Waals surface area contributed by atoms with Crippen LogP contribution < -0.4 is 5.73 Å². The van der Waals surface area contributed by atoms with Gasteiger partial charge in [-0.15, -0.1) is 0 Å². The van der Waals surface area contributed by atoms with E-state index >= 15 is 0 Å². The van der Waals surface area contributed by atoms with Gasteiger partial charge in [-0.3, -0.25) is 4.79 Å². The minimum atomic E-state index is -0.730. The van der Waals surface area contributed by atoms with Crippen molar-refractivity contribution in [2.24, 2.45) is 11.7 Å². The predicted molar refractivity (Wildman–Crippen MR) is 42.5 cm³/mol. The quantitative estimate of drug-likeness (QED) is 0.669. The van der Waals surface area contributed by atoms with Gasteiger partial charge in [0.05, 0.1) is 6.61 Å². The first kappa shape index (κ1) is 9.03. The highest BCUT2D eigenvalue weighted by Crippen LogP contribution is 2.21. The summed E-state index contributed by atoms with van der Waals surface area (Å²) >= 11 is 0. The molecule has 0 unspecified atom stereocenters. The van der Waals surface area contributed by atoms with Crippen LogP contribution in [-0.4, -0.2) is 18.5 Å². The van der Waals surface area contributed by atoms with Gasteiger partial charge in [-0.1, -0.05) is 0 Å². The highest BCUT2D eigenvalue weighted by Gasteiger charge is 2.19. The second-order valence-electron chi connectivity index (χ2n) is 3.11. The normalized spacial score (nSPS) is 19.2. The van der Waals surface area contributed by atoms with Gasteiger partial charge in [0.25, 0.3) is 0 Å². The minimum Gasteiger partial charge on any atom is -0.449 e. The number of carbonyl (C=O) groups is 2. The first-order valence-electron chi connectivity index (χ1n) is 4.12. The Labute approximate surface area is 71.1 Å². The topological polar surface area (TPSA) is 69.4 Å². The molecule has 0 bridgehead atoms. The summed E-state index contributed by atoms with van der Waals surface area (Å²) in [6, 6.07) is 0. The summed E-state index contributed by atoms with van der Waals surface area (Å²) in [6.07, 6.45) is 2.16. The molecule has 12 heavy (non-hydrogen) atoms. The highest BCUT2D eigenvalue weighted by atomic mass is 16.5. The lowest BCUT2D eigenvalue weighted by atomic mass is 9.89. The van der Waals surface area contributed by atoms with Gasteiger partial charge in [0, 0.05) is 12.8 Å². The van der Waals surface area contributed by atoms with E-state index in [4.69, 9.17) is 5.73 Å². The minimum absolute atomic E-state index is 0.310. The molecule has 0 heterocycles. The number of hydrogen-bond acceptors (Lipinski definition) is 3. The van der Waals surface area contributed by atoms with Crippen molar-refractivity contribution in [3.63, 3.8) is 0 Å². The molecule has 0 aromatic rings. The maximum absolute atomic E-state index is 10.8. The number of hydrogen-bond donors (Lipinski definition) is 1. The number of primary amides is 1. The first-order chi connectivity index (χ1) is 5.68. The Morgan fingerprint density at radius 1 is 1.50 bits per heavy atom. The molecule has 4 nitrogen and oxygen atoms in total. The van der Waals surface area contributed by atoms with E-state index in [1.54, 1.807) is 0 Å². The van der Waals surface area contributed by atoms with Gasteiger partial charge in [0.15, 0.2) is 0 Å². The van der Waals surface area contributed by atoms with E-state index in [1.807, 2.05) is 0 Å². The van der Waals surface area contributed by atoms with Crippen LogP contribution in [0.15, 0.2) is 0 Å². The van der Waals surface area contributed by atoms with Crippen LogP contribution in [0.4, 0.5) is 4.79 Å². The zero-order valence-electron chi connectivity index (χ0n) is 6.91. The molecule has 1 amide bonds. The van der Waals surface area contributed by atoms with Crippen molar-refractivity contribution in [3.8, 4) is 0 Å². The van der Waals surface area contributed by atoms with Gasteiger partial charge in [0.2, 0.25) is 0 Å². The Balaban J connectivity index is 2.17. The number of ether oxygens (including phenoxy) is 1. The lowest BCUT2D eigenvalue weighted by Crippen LogP contribution is -2.22. The van der Waals surface area contributed by atoms with Crippen LogP contribution in [0.1, 0.15) is 25.7 Å². The van der Waals surface area contributed by atoms with E-state index in [1.165, 1.54) is 0 Å². The molecule has 0 aliphatic heterocycles. The molecule has 0 spiro atoms. The summed E-state index contributed by atoms with van der Waals surface area (Å²) in [4.78, 5) is 21.1. The van der Waals surface area contributed by atoms with Gasteiger partial charge in [-0.05, 0) is 18.8 Å². The third-order valence-corrected chi connectivity index (χ3v) is 2.12. The van der Waals surface area contributed by atoms with Crippen molar-refractivity contribution >= 4 is 11.9 Å². The van der Waals surface area contributed by atoms with Crippen molar-refractivity contribution < 1.29 is 14.3 Å². The molecule has 1 aliphatic carbocycles. The molecule has 1 fully saturated rings. The number of amides is 1. The standard InChI is InChI=1S/C8H13NO3/c9-8(11)12-5-6-1-3-7(10)4-2-6/h6H,1-5H2,(H2,9,11). The van der Waals surface area contributed by atoms with Gasteiger partial charge in [-0.2, -0.15) is 0 Å². The van der Waals surface area contributed by atoms with E-state index < -0.39 is 6.09 Å². The molecular formula is C8H13NO3. The van der Waals surface area contributed by atoms with E-state index in [0.717, 1.165) is 12.8 Å². The molecule has 0 radical (unpaired) electrons. The molecule has 68 valence electrons. The van der Waals surface area contributed by atoms with Crippen molar-refractivity contribution in [2.75, 3.05) is 6.61 Å². The summed E-state index contributed by atoms with van der Waals surface area (Å²) < 4.78 is 4.64. The molecule has 2 N–H and O–H groups in total. The largest absolute Gasteiger partial charge is 0.449 e. The average Bonchev–Trinajstić information content (AvgIpc) is 2.03. The summed E-state index contributed by atoms with van der Waals surface area (Å²) in [5.74, 6) is 0.639. The van der Waals surface area contributed by atoms with Crippen LogP contribution in [-0.2, 0) is 9.53 Å². The van der Waals surface area contributed by atoms with Crippen LogP contribution in [0.25, 0.3) is 0 Å². The number of nitrogens with two attached hydrogens (primary N) is 1. The molecular weight excluding hydrogens is 158 g/mol. The lowest BCUT2D eigenvalue weighted by Gasteiger charge is -2.19. The molecule has 0 aromatic carbocycles. The Morgan fingerprint density at radius 2 is 2.08 bits per heavy atom. The average molecular weight is 171 g/mol. The first-order valence-corrected chi connectivity index (χ1v) is 4.12. The van der Waals surface area contributed by atoms with Crippen molar-refractivity contribution in [2.45, 2.75) is 25.7 Å². The van der Waals surface area contributed by atoms with Crippen LogP contribution in [0.5, 0.6) is 0 Å². The predicted octanol–water partition coefficient (Wildman–Crippen LogP) is 0.841. The summed E-state index contributed by atoms with van der Waals surface area (Å²) in [5, 5.41) is 0. The lowest BCUT2D eigenvalue weighted by molar-refractivity contribution is -0.121. The Kier molecular flexibility index (Phi) is 3.08. The maximum atomic E-state index is 10.8. The Bertz CT molecular complexity index is 181. The molecule has 4 heteroatoms. The third kappa shape index (κ3) is 2.90.